The van der Waals surface area contributed by atoms with Crippen LogP contribution in [-0.4, -0.2) is 20.7 Å². The molecule has 0 saturated heterocycles. The summed E-state index contributed by atoms with van der Waals surface area (Å²) in [6, 6.07) is 6.45. The summed E-state index contributed by atoms with van der Waals surface area (Å²) in [6.07, 6.45) is 4.72. The van der Waals surface area contributed by atoms with Crippen molar-refractivity contribution >= 4 is 0 Å². The first-order valence-corrected chi connectivity index (χ1v) is 7.24. The minimum Gasteiger partial charge on any atom is -0.496 e. The highest BCUT2D eigenvalue weighted by Gasteiger charge is 2.43. The molecule has 2 rings (SSSR count). The molecule has 0 heterocycles. The summed E-state index contributed by atoms with van der Waals surface area (Å²) >= 11 is 0. The van der Waals surface area contributed by atoms with E-state index in [4.69, 9.17) is 10.5 Å². The zero-order valence-electron chi connectivity index (χ0n) is 12.3. The third-order valence-corrected chi connectivity index (χ3v) is 4.58. The van der Waals surface area contributed by atoms with Gasteiger partial charge in [-0.1, -0.05) is 25.5 Å². The van der Waals surface area contributed by atoms with E-state index in [0.717, 1.165) is 24.3 Å². The third-order valence-electron chi connectivity index (χ3n) is 4.58. The second-order valence-corrected chi connectivity index (χ2v) is 5.65. The molecule has 1 aromatic rings. The van der Waals surface area contributed by atoms with Crippen LogP contribution in [-0.2, 0) is 6.42 Å². The monoisotopic (exact) mass is 262 g/mol. The van der Waals surface area contributed by atoms with Crippen LogP contribution in [0.25, 0.3) is 0 Å². The van der Waals surface area contributed by atoms with E-state index in [1.807, 2.05) is 7.05 Å². The van der Waals surface area contributed by atoms with Crippen molar-refractivity contribution in [1.29, 1.82) is 0 Å². The molecule has 19 heavy (non-hydrogen) atoms. The summed E-state index contributed by atoms with van der Waals surface area (Å²) in [5.41, 5.74) is 9.29. The molecule has 3 heteroatoms. The van der Waals surface area contributed by atoms with Crippen LogP contribution in [0.4, 0.5) is 0 Å². The molecule has 0 aliphatic heterocycles. The van der Waals surface area contributed by atoms with Crippen LogP contribution in [0, 0.1) is 5.41 Å². The molecule has 1 fully saturated rings. The van der Waals surface area contributed by atoms with Crippen molar-refractivity contribution in [2.75, 3.05) is 20.7 Å². The van der Waals surface area contributed by atoms with Crippen LogP contribution < -0.4 is 15.8 Å². The minimum atomic E-state index is 0.0511. The number of hydrogen-bond donors (Lipinski definition) is 2. The Balaban J connectivity index is 2.33. The summed E-state index contributed by atoms with van der Waals surface area (Å²) < 4.78 is 5.51. The molecule has 0 bridgehead atoms. The summed E-state index contributed by atoms with van der Waals surface area (Å²) in [5.74, 6) is 0.923. The van der Waals surface area contributed by atoms with E-state index in [9.17, 15) is 0 Å². The second-order valence-electron chi connectivity index (χ2n) is 5.65. The van der Waals surface area contributed by atoms with Gasteiger partial charge in [-0.2, -0.15) is 0 Å². The predicted octanol–water partition coefficient (Wildman–Crippen LogP) is 2.65. The fraction of sp³-hybridized carbons (Fsp3) is 0.625. The van der Waals surface area contributed by atoms with Gasteiger partial charge in [0.15, 0.2) is 0 Å². The lowest BCUT2D eigenvalue weighted by Crippen LogP contribution is -2.47. The van der Waals surface area contributed by atoms with Gasteiger partial charge in [0.25, 0.3) is 0 Å². The smallest absolute Gasteiger partial charge is 0.123 e. The first-order valence-electron chi connectivity index (χ1n) is 7.24. The molecule has 1 aliphatic rings. The fourth-order valence-corrected chi connectivity index (χ4v) is 3.16. The minimum absolute atomic E-state index is 0.0511. The highest BCUT2D eigenvalue weighted by molar-refractivity contribution is 5.41. The Morgan fingerprint density at radius 3 is 2.63 bits per heavy atom. The molecule has 0 spiro atoms. The zero-order chi connectivity index (χ0) is 13.9. The second kappa shape index (κ2) is 5.93. The van der Waals surface area contributed by atoms with Crippen molar-refractivity contribution in [2.45, 2.75) is 38.6 Å². The van der Waals surface area contributed by atoms with Gasteiger partial charge in [0.2, 0.25) is 0 Å². The van der Waals surface area contributed by atoms with Crippen molar-refractivity contribution in [3.63, 3.8) is 0 Å². The Morgan fingerprint density at radius 1 is 1.42 bits per heavy atom. The lowest BCUT2D eigenvalue weighted by Gasteiger charge is -2.47. The standard InChI is InChI=1S/C16H26N2O/c1-4-12-6-7-14(19-3)13(10-12)15(17)16(11-18-2)8-5-9-16/h6-7,10,15,18H,4-5,8-9,11,17H2,1-3H3. The first kappa shape index (κ1) is 14.4. The van der Waals surface area contributed by atoms with E-state index < -0.39 is 0 Å². The van der Waals surface area contributed by atoms with Gasteiger partial charge in [0, 0.05) is 23.6 Å². The number of aryl methyl sites for hydroxylation is 1. The summed E-state index contributed by atoms with van der Waals surface area (Å²) in [4.78, 5) is 0. The Bertz CT molecular complexity index is 427. The molecule has 3 N–H and O–H groups in total. The first-order chi connectivity index (χ1) is 9.16. The van der Waals surface area contributed by atoms with E-state index in [2.05, 4.69) is 30.4 Å². The molecule has 3 nitrogen and oxygen atoms in total. The van der Waals surface area contributed by atoms with Gasteiger partial charge in [0.1, 0.15) is 5.75 Å². The fourth-order valence-electron chi connectivity index (χ4n) is 3.16. The number of hydrogen-bond acceptors (Lipinski definition) is 3. The van der Waals surface area contributed by atoms with E-state index in [-0.39, 0.29) is 11.5 Å². The lowest BCUT2D eigenvalue weighted by molar-refractivity contribution is 0.0934. The van der Waals surface area contributed by atoms with Crippen molar-refractivity contribution in [3.8, 4) is 5.75 Å². The van der Waals surface area contributed by atoms with Crippen LogP contribution in [0.3, 0.4) is 0 Å². The molecule has 1 atom stereocenters. The van der Waals surface area contributed by atoms with Crippen LogP contribution in [0.1, 0.15) is 43.4 Å². The molecule has 0 radical (unpaired) electrons. The molecule has 1 aromatic carbocycles. The number of ether oxygens (including phenoxy) is 1. The molecule has 1 unspecified atom stereocenters. The quantitative estimate of drug-likeness (QED) is 0.828. The number of benzene rings is 1. The highest BCUT2D eigenvalue weighted by atomic mass is 16.5. The van der Waals surface area contributed by atoms with Crippen LogP contribution in [0.5, 0.6) is 5.75 Å². The van der Waals surface area contributed by atoms with Gasteiger partial charge in [-0.25, -0.2) is 0 Å². The van der Waals surface area contributed by atoms with Gasteiger partial charge in [-0.3, -0.25) is 0 Å². The normalized spacial score (nSPS) is 18.7. The van der Waals surface area contributed by atoms with Crippen molar-refractivity contribution < 1.29 is 4.74 Å². The van der Waals surface area contributed by atoms with Crippen LogP contribution in [0.15, 0.2) is 18.2 Å². The largest absolute Gasteiger partial charge is 0.496 e. The van der Waals surface area contributed by atoms with E-state index in [0.29, 0.717) is 0 Å². The Labute approximate surface area is 116 Å². The summed E-state index contributed by atoms with van der Waals surface area (Å²) in [6.45, 7) is 3.15. The maximum atomic E-state index is 6.60. The molecule has 0 aromatic heterocycles. The third kappa shape index (κ3) is 2.63. The highest BCUT2D eigenvalue weighted by Crippen LogP contribution is 2.50. The van der Waals surface area contributed by atoms with Crippen molar-refractivity contribution in [1.82, 2.24) is 5.32 Å². The van der Waals surface area contributed by atoms with Gasteiger partial charge < -0.3 is 15.8 Å². The van der Waals surface area contributed by atoms with Gasteiger partial charge in [0.05, 0.1) is 7.11 Å². The Kier molecular flexibility index (Phi) is 4.48. The maximum absolute atomic E-state index is 6.60. The van der Waals surface area contributed by atoms with E-state index >= 15 is 0 Å². The average molecular weight is 262 g/mol. The molecular formula is C16H26N2O. The van der Waals surface area contributed by atoms with Crippen LogP contribution in [0.2, 0.25) is 0 Å². The van der Waals surface area contributed by atoms with E-state index in [1.54, 1.807) is 7.11 Å². The molecule has 1 saturated carbocycles. The number of nitrogens with one attached hydrogen (secondary N) is 1. The average Bonchev–Trinajstić information content (AvgIpc) is 2.41. The van der Waals surface area contributed by atoms with Gasteiger partial charge >= 0.3 is 0 Å². The summed E-state index contributed by atoms with van der Waals surface area (Å²) in [7, 11) is 3.73. The Morgan fingerprint density at radius 2 is 2.16 bits per heavy atom. The van der Waals surface area contributed by atoms with Gasteiger partial charge in [-0.15, -0.1) is 0 Å². The van der Waals surface area contributed by atoms with Gasteiger partial charge in [-0.05, 0) is 37.9 Å². The SMILES string of the molecule is CCc1ccc(OC)c(C(N)C2(CNC)CCC2)c1. The number of methoxy groups -OCH3 is 1. The van der Waals surface area contributed by atoms with E-state index in [1.165, 1.54) is 24.8 Å². The topological polar surface area (TPSA) is 47.3 Å². The predicted molar refractivity (Wildman–Crippen MR) is 79.5 cm³/mol. The Hall–Kier alpha value is -1.06. The maximum Gasteiger partial charge on any atom is 0.123 e. The summed E-state index contributed by atoms with van der Waals surface area (Å²) in [5, 5.41) is 3.31. The number of rotatable bonds is 6. The lowest BCUT2D eigenvalue weighted by atomic mass is 9.62. The van der Waals surface area contributed by atoms with Crippen molar-refractivity contribution in [2.24, 2.45) is 11.1 Å². The molecule has 0 amide bonds. The molecule has 1 aliphatic carbocycles. The zero-order valence-corrected chi connectivity index (χ0v) is 12.3. The number of nitrogens with two attached hydrogens (primary N) is 1. The van der Waals surface area contributed by atoms with Crippen LogP contribution >= 0.6 is 0 Å². The molecule has 106 valence electrons. The molecular weight excluding hydrogens is 236 g/mol. The van der Waals surface area contributed by atoms with Crippen molar-refractivity contribution in [3.05, 3.63) is 29.3 Å².